The first-order chi connectivity index (χ1) is 0. The van der Waals surface area contributed by atoms with E-state index in [1.165, 1.54) is 0 Å². The second-order valence-corrected chi connectivity index (χ2v) is 0. The van der Waals surface area contributed by atoms with Gasteiger partial charge in [-0.2, -0.15) is 0 Å². The maximum absolute atomic E-state index is 0. The number of rotatable bonds is 0. The number of hydrogen-bond donors (Lipinski definition) is 0. The van der Waals surface area contributed by atoms with Crippen molar-refractivity contribution in [2.24, 2.45) is 0 Å². The summed E-state index contributed by atoms with van der Waals surface area (Å²) in [7, 11) is 0. The normalized spacial score (nSPS) is 0. The van der Waals surface area contributed by atoms with E-state index < -0.39 is 0 Å². The van der Waals surface area contributed by atoms with Gasteiger partial charge in [-0.3, -0.25) is 0 Å². The van der Waals surface area contributed by atoms with E-state index in [9.17, 15) is 0 Å². The van der Waals surface area contributed by atoms with Crippen LogP contribution in [0.4, 0.5) is 0 Å². The molecule has 0 aliphatic heterocycles. The molecular weight excluding hydrogens is 471 g/mol. The summed E-state index contributed by atoms with van der Waals surface area (Å²) in [5.41, 5.74) is 0. The van der Waals surface area contributed by atoms with Crippen molar-refractivity contribution in [2.45, 2.75) is 0 Å². The standard InChI is InChI=1S/2Al.2Ga.2In.3O.12H/q2*+3;;;;;3*-2;;;;;;;;;;;;. The molecule has 9 heavy (non-hydrogen) atoms. The molecule has 0 N–H and O–H groups in total. The Bertz CT molecular complexity index is 17.8. The van der Waals surface area contributed by atoms with Crippen LogP contribution >= 0.6 is 0 Å². The van der Waals surface area contributed by atoms with Crippen LogP contribution < -0.4 is 0 Å². The van der Waals surface area contributed by atoms with Gasteiger partial charge in [0.1, 0.15) is 0 Å². The molecule has 0 saturated heterocycles. The summed E-state index contributed by atoms with van der Waals surface area (Å²) in [5, 5.41) is 0. The minimum Gasteiger partial charge on any atom is -2.00 e. The van der Waals surface area contributed by atoms with Gasteiger partial charge in [-0.25, -0.2) is 0 Å². The van der Waals surface area contributed by atoms with Crippen LogP contribution in [-0.4, -0.2) is 126 Å². The first kappa shape index (κ1) is 118. The van der Waals surface area contributed by atoms with E-state index in [1.54, 1.807) is 0 Å². The van der Waals surface area contributed by atoms with Crippen molar-refractivity contribution in [3.8, 4) is 0 Å². The molecule has 0 bridgehead atoms. The largest absolute Gasteiger partial charge is 2.00 e. The van der Waals surface area contributed by atoms with Crippen LogP contribution in [0.5, 0.6) is 0 Å². The third-order valence-electron chi connectivity index (χ3n) is 0. The van der Waals surface area contributed by atoms with E-state index in [1.807, 2.05) is 0 Å². The van der Waals surface area contributed by atoms with Crippen molar-refractivity contribution in [3.63, 3.8) is 0 Å². The molecule has 0 spiro atoms. The third kappa shape index (κ3) is 75.7. The molecule has 0 aliphatic rings. The van der Waals surface area contributed by atoms with Crippen LogP contribution in [0.3, 0.4) is 0 Å². The molecule has 0 saturated carbocycles. The minimum atomic E-state index is 0. The Morgan fingerprint density at radius 1 is 0.444 bits per heavy atom. The Labute approximate surface area is 140 Å². The summed E-state index contributed by atoms with van der Waals surface area (Å²) in [6.45, 7) is 0. The zero-order valence-electron chi connectivity index (χ0n) is 2.38. The molecule has 0 fully saturated rings. The maximum Gasteiger partial charge on any atom is -2.00 e. The van der Waals surface area contributed by atoms with Gasteiger partial charge in [0.05, 0.1) is 0 Å². The van der Waals surface area contributed by atoms with Gasteiger partial charge >= 0.3 is 126 Å². The molecule has 0 aliphatic carbocycles. The SMILES string of the molecule is [Al+3].[Al+3].[GaH3].[GaH3].[InH3].[InH3].[O-2].[O-2].[O-2]. The van der Waals surface area contributed by atoms with Crippen molar-refractivity contribution in [1.82, 2.24) is 0 Å². The zero-order chi connectivity index (χ0) is 0. The van der Waals surface area contributed by atoms with Crippen LogP contribution in [0.15, 0.2) is 0 Å². The monoisotopic (exact) mass is 482 g/mol. The van der Waals surface area contributed by atoms with E-state index in [0.717, 1.165) is 0 Å². The molecule has 0 aromatic rings. The molecular formula is H12Al2Ga2In2O3. The van der Waals surface area contributed by atoms with Gasteiger partial charge in [0.2, 0.25) is 0 Å². The Balaban J connectivity index is 0. The van der Waals surface area contributed by atoms with E-state index in [2.05, 4.69) is 0 Å². The van der Waals surface area contributed by atoms with E-state index >= 15 is 0 Å². The first-order valence-corrected chi connectivity index (χ1v) is 0. The van der Waals surface area contributed by atoms with Gasteiger partial charge in [-0.05, 0) is 0 Å². The summed E-state index contributed by atoms with van der Waals surface area (Å²) >= 11 is 0. The van der Waals surface area contributed by atoms with Gasteiger partial charge in [-0.1, -0.05) is 0 Å². The quantitative estimate of drug-likeness (QED) is 0.308. The molecule has 0 radical (unpaired) electrons. The topological polar surface area (TPSA) is 85.5 Å². The van der Waals surface area contributed by atoms with Gasteiger partial charge in [0.25, 0.3) is 0 Å². The first-order valence-electron chi connectivity index (χ1n) is 0. The Hall–Kier alpha value is 3.96. The summed E-state index contributed by atoms with van der Waals surface area (Å²) in [5.74, 6) is 0. The zero-order valence-corrected chi connectivity index (χ0v) is 4.69. The van der Waals surface area contributed by atoms with Crippen LogP contribution in [0.2, 0.25) is 0 Å². The van der Waals surface area contributed by atoms with Crippen LogP contribution in [-0.2, 0) is 16.4 Å². The predicted octanol–water partition coefficient (Wildman–Crippen LogP) is -5.85. The van der Waals surface area contributed by atoms with Crippen molar-refractivity contribution >= 4 is 126 Å². The summed E-state index contributed by atoms with van der Waals surface area (Å²) < 4.78 is 0. The molecule has 0 rings (SSSR count). The third-order valence-corrected chi connectivity index (χ3v) is 0. The summed E-state index contributed by atoms with van der Waals surface area (Å²) in [4.78, 5) is 0. The summed E-state index contributed by atoms with van der Waals surface area (Å²) in [6, 6.07) is 0. The average Bonchev–Trinajstić information content (AvgIpc) is 0. The molecule has 0 aromatic carbocycles. The fourth-order valence-electron chi connectivity index (χ4n) is 0. The van der Waals surface area contributed by atoms with Crippen LogP contribution in [0.25, 0.3) is 0 Å². The van der Waals surface area contributed by atoms with Gasteiger partial charge < -0.3 is 16.4 Å². The molecule has 0 amide bonds. The summed E-state index contributed by atoms with van der Waals surface area (Å²) in [6.07, 6.45) is 0. The molecule has 3 nitrogen and oxygen atoms in total. The van der Waals surface area contributed by atoms with Crippen molar-refractivity contribution in [3.05, 3.63) is 0 Å². The fourth-order valence-corrected chi connectivity index (χ4v) is 0. The van der Waals surface area contributed by atoms with E-state index in [-0.39, 0.29) is 142 Å². The second-order valence-electron chi connectivity index (χ2n) is 0. The molecule has 0 aromatic heterocycles. The van der Waals surface area contributed by atoms with Crippen molar-refractivity contribution < 1.29 is 16.4 Å². The van der Waals surface area contributed by atoms with E-state index in [4.69, 9.17) is 0 Å². The van der Waals surface area contributed by atoms with Crippen molar-refractivity contribution in [2.75, 3.05) is 0 Å². The van der Waals surface area contributed by atoms with Gasteiger partial charge in [0.15, 0.2) is 0 Å². The maximum atomic E-state index is 0. The van der Waals surface area contributed by atoms with Crippen LogP contribution in [0.1, 0.15) is 0 Å². The van der Waals surface area contributed by atoms with Gasteiger partial charge in [0, 0.05) is 0 Å². The minimum absolute atomic E-state index is 0. The van der Waals surface area contributed by atoms with E-state index in [0.29, 0.717) is 0 Å². The molecule has 0 heterocycles. The van der Waals surface area contributed by atoms with Gasteiger partial charge in [-0.15, -0.1) is 0 Å². The Morgan fingerprint density at radius 2 is 0.444 bits per heavy atom. The Morgan fingerprint density at radius 3 is 0.444 bits per heavy atom. The average molecular weight is 483 g/mol. The Kier molecular flexibility index (Phi) is 1200. The smallest absolute Gasteiger partial charge is 2.00 e. The predicted molar refractivity (Wildman–Crippen MR) is 53.3 cm³/mol. The second kappa shape index (κ2) is 91.7. The molecule has 0 atom stereocenters. The van der Waals surface area contributed by atoms with Crippen molar-refractivity contribution in [1.29, 1.82) is 0 Å². The molecule has 48 valence electrons. The van der Waals surface area contributed by atoms with Crippen LogP contribution in [0, 0.1) is 0 Å². The fraction of sp³-hybridized carbons (Fsp3) is 0. The molecule has 9 heteroatoms. The number of hydrogen-bond acceptors (Lipinski definition) is 0. The molecule has 0 unspecified atom stereocenters.